The highest BCUT2D eigenvalue weighted by atomic mass is 16.7. The Labute approximate surface area is 462 Å². The summed E-state index contributed by atoms with van der Waals surface area (Å²) in [5.74, 6) is -0.699. The second-order valence-electron chi connectivity index (χ2n) is 23.2. The van der Waals surface area contributed by atoms with E-state index >= 15 is 0 Å². The van der Waals surface area contributed by atoms with Crippen LogP contribution in [-0.4, -0.2) is 110 Å². The largest absolute Gasteiger partial charge is 0.394 e. The van der Waals surface area contributed by atoms with E-state index in [-0.39, 0.29) is 12.8 Å². The van der Waals surface area contributed by atoms with Crippen LogP contribution in [0.15, 0.2) is 12.2 Å². The van der Waals surface area contributed by atoms with E-state index in [0.717, 1.165) is 38.5 Å². The van der Waals surface area contributed by atoms with E-state index < -0.39 is 74.2 Å². The molecule has 0 aromatic carbocycles. The molecule has 0 aliphatic carbocycles. The Hall–Kier alpha value is -1.15. The Kier molecular flexibility index (Phi) is 51.3. The molecule has 1 aliphatic heterocycles. The van der Waals surface area contributed by atoms with Crippen LogP contribution in [0.1, 0.15) is 322 Å². The summed E-state index contributed by atoms with van der Waals surface area (Å²) < 4.78 is 11.1. The molecule has 11 nitrogen and oxygen atoms in total. The minimum absolute atomic E-state index is 0.260. The third-order valence-corrected chi connectivity index (χ3v) is 16.1. The van der Waals surface area contributed by atoms with Crippen molar-refractivity contribution in [3.05, 3.63) is 12.2 Å². The minimum Gasteiger partial charge on any atom is -0.394 e. The molecule has 9 atom stereocenters. The van der Waals surface area contributed by atoms with Crippen molar-refractivity contribution in [3.8, 4) is 0 Å². The van der Waals surface area contributed by atoms with Crippen molar-refractivity contribution in [2.75, 3.05) is 13.2 Å². The van der Waals surface area contributed by atoms with Gasteiger partial charge in [0.25, 0.3) is 0 Å². The van der Waals surface area contributed by atoms with E-state index in [1.165, 1.54) is 244 Å². The molecule has 11 heteroatoms. The van der Waals surface area contributed by atoms with E-state index in [1.54, 1.807) is 0 Å². The molecule has 0 aromatic heterocycles. The van der Waals surface area contributed by atoms with Gasteiger partial charge in [-0.3, -0.25) is 4.79 Å². The summed E-state index contributed by atoms with van der Waals surface area (Å²) in [6.07, 6.45) is 53.0. The summed E-state index contributed by atoms with van der Waals surface area (Å²) in [4.78, 5) is 13.2. The molecule has 1 saturated heterocycles. The molecule has 1 aliphatic rings. The van der Waals surface area contributed by atoms with Crippen LogP contribution in [0.3, 0.4) is 0 Å². The Bertz CT molecular complexity index is 1220. The highest BCUT2D eigenvalue weighted by Gasteiger charge is 2.44. The first kappa shape index (κ1) is 71.9. The lowest BCUT2D eigenvalue weighted by Gasteiger charge is -2.40. The first-order valence-corrected chi connectivity index (χ1v) is 32.6. The molecule has 0 bridgehead atoms. The number of nitrogens with one attached hydrogen (secondary N) is 1. The SMILES string of the molecule is CCCCCCCCCCCCC/C=C/CCCC(O)C(O)C(COC1OC(CO)C(O)C(O)C1O)NC(=O)C(O)CCCCCCCCCCCCCCCCCCCCCCCCCCCCCCCCCC. The van der Waals surface area contributed by atoms with Crippen molar-refractivity contribution in [2.24, 2.45) is 0 Å². The van der Waals surface area contributed by atoms with Gasteiger partial charge in [0.1, 0.15) is 36.6 Å². The highest BCUT2D eigenvalue weighted by Crippen LogP contribution is 2.24. The van der Waals surface area contributed by atoms with Crippen LogP contribution in [0.5, 0.6) is 0 Å². The number of carbonyl (C=O) groups excluding carboxylic acids is 1. The summed E-state index contributed by atoms with van der Waals surface area (Å²) in [7, 11) is 0. The van der Waals surface area contributed by atoms with E-state index in [4.69, 9.17) is 9.47 Å². The number of carbonyl (C=O) groups is 1. The third kappa shape index (κ3) is 41.5. The molecule has 1 heterocycles. The summed E-state index contributed by atoms with van der Waals surface area (Å²) in [5, 5.41) is 76.2. The second kappa shape index (κ2) is 53.5. The Morgan fingerprint density at radius 2 is 0.787 bits per heavy atom. The molecular weight excluding hydrogens is 943 g/mol. The molecule has 0 radical (unpaired) electrons. The van der Waals surface area contributed by atoms with Gasteiger partial charge in [-0.1, -0.05) is 296 Å². The van der Waals surface area contributed by atoms with Gasteiger partial charge in [-0.15, -0.1) is 0 Å². The maximum atomic E-state index is 13.2. The number of amides is 1. The molecule has 0 saturated carbocycles. The number of rotatable bonds is 57. The van der Waals surface area contributed by atoms with Gasteiger partial charge in [-0.2, -0.15) is 0 Å². The summed E-state index contributed by atoms with van der Waals surface area (Å²) in [5.41, 5.74) is 0. The van der Waals surface area contributed by atoms with Crippen molar-refractivity contribution in [2.45, 2.75) is 377 Å². The second-order valence-corrected chi connectivity index (χ2v) is 23.2. The lowest BCUT2D eigenvalue weighted by Crippen LogP contribution is -2.60. The topological polar surface area (TPSA) is 189 Å². The normalized spacial score (nSPS) is 19.7. The van der Waals surface area contributed by atoms with Crippen molar-refractivity contribution in [1.82, 2.24) is 5.32 Å². The lowest BCUT2D eigenvalue weighted by molar-refractivity contribution is -0.303. The third-order valence-electron chi connectivity index (χ3n) is 16.1. The van der Waals surface area contributed by atoms with Crippen LogP contribution < -0.4 is 5.32 Å². The summed E-state index contributed by atoms with van der Waals surface area (Å²) >= 11 is 0. The van der Waals surface area contributed by atoms with E-state index in [2.05, 4.69) is 31.3 Å². The molecule has 8 N–H and O–H groups in total. The molecule has 0 spiro atoms. The van der Waals surface area contributed by atoms with Gasteiger partial charge in [0, 0.05) is 0 Å². The van der Waals surface area contributed by atoms with Crippen molar-refractivity contribution in [3.63, 3.8) is 0 Å². The van der Waals surface area contributed by atoms with Gasteiger partial charge >= 0.3 is 0 Å². The number of hydrogen-bond donors (Lipinski definition) is 8. The van der Waals surface area contributed by atoms with Crippen LogP contribution in [0.4, 0.5) is 0 Å². The number of aliphatic hydroxyl groups is 7. The number of unbranched alkanes of at least 4 members (excludes halogenated alkanes) is 43. The first-order chi connectivity index (χ1) is 36.7. The Balaban J connectivity index is 2.18. The molecule has 75 heavy (non-hydrogen) atoms. The van der Waals surface area contributed by atoms with Gasteiger partial charge in [-0.05, 0) is 38.5 Å². The average Bonchev–Trinajstić information content (AvgIpc) is 3.41. The maximum absolute atomic E-state index is 13.2. The van der Waals surface area contributed by atoms with Crippen molar-refractivity contribution < 1.29 is 50.0 Å². The predicted molar refractivity (Wildman–Crippen MR) is 312 cm³/mol. The fourth-order valence-corrected chi connectivity index (χ4v) is 10.8. The van der Waals surface area contributed by atoms with Gasteiger partial charge in [0.15, 0.2) is 6.29 Å². The molecule has 1 fully saturated rings. The fourth-order valence-electron chi connectivity index (χ4n) is 10.8. The lowest BCUT2D eigenvalue weighted by atomic mass is 9.98. The number of hydrogen-bond acceptors (Lipinski definition) is 10. The zero-order valence-electron chi connectivity index (χ0n) is 49.1. The highest BCUT2D eigenvalue weighted by molar-refractivity contribution is 5.80. The van der Waals surface area contributed by atoms with Gasteiger partial charge in [0.05, 0.1) is 25.4 Å². The van der Waals surface area contributed by atoms with E-state index in [1.807, 2.05) is 0 Å². The van der Waals surface area contributed by atoms with Gasteiger partial charge in [0.2, 0.25) is 5.91 Å². The Morgan fingerprint density at radius 1 is 0.453 bits per heavy atom. The van der Waals surface area contributed by atoms with Crippen molar-refractivity contribution in [1.29, 1.82) is 0 Å². The van der Waals surface area contributed by atoms with Gasteiger partial charge in [-0.25, -0.2) is 0 Å². The fraction of sp³-hybridized carbons (Fsp3) is 0.953. The number of allylic oxidation sites excluding steroid dienone is 2. The minimum atomic E-state index is -1.67. The van der Waals surface area contributed by atoms with E-state index in [0.29, 0.717) is 12.8 Å². The summed E-state index contributed by atoms with van der Waals surface area (Å²) in [6, 6.07) is -1.18. The molecule has 1 rings (SSSR count). The van der Waals surface area contributed by atoms with Gasteiger partial charge < -0.3 is 50.5 Å². The zero-order chi connectivity index (χ0) is 54.7. The first-order valence-electron chi connectivity index (χ1n) is 32.6. The molecular formula is C64H125NO10. The monoisotopic (exact) mass is 1070 g/mol. The van der Waals surface area contributed by atoms with Crippen LogP contribution >= 0.6 is 0 Å². The number of aliphatic hydroxyl groups excluding tert-OH is 7. The van der Waals surface area contributed by atoms with Crippen LogP contribution in [-0.2, 0) is 14.3 Å². The van der Waals surface area contributed by atoms with E-state index in [9.17, 15) is 40.5 Å². The standard InChI is InChI=1S/C64H125NO10/c1-3-5-7-9-11-13-15-17-19-21-22-23-24-25-26-27-28-29-30-31-32-33-34-35-36-38-40-42-44-46-48-50-52-57(68)63(73)65-55(54-74-64-62(72)61(71)60(70)58(53-66)75-64)59(69)56(67)51-49-47-45-43-41-39-37-20-18-16-14-12-10-8-6-4-2/h43,45,55-62,64,66-72H,3-42,44,46-54H2,1-2H3,(H,65,73)/b45-43+. The Morgan fingerprint density at radius 3 is 1.15 bits per heavy atom. The zero-order valence-corrected chi connectivity index (χ0v) is 49.1. The van der Waals surface area contributed by atoms with Crippen LogP contribution in [0.25, 0.3) is 0 Å². The average molecular weight is 1070 g/mol. The quantitative estimate of drug-likeness (QED) is 0.0215. The smallest absolute Gasteiger partial charge is 0.249 e. The van der Waals surface area contributed by atoms with Crippen LogP contribution in [0, 0.1) is 0 Å². The van der Waals surface area contributed by atoms with Crippen LogP contribution in [0.2, 0.25) is 0 Å². The molecule has 1 amide bonds. The van der Waals surface area contributed by atoms with Crippen molar-refractivity contribution >= 4 is 5.91 Å². The number of ether oxygens (including phenoxy) is 2. The molecule has 9 unspecified atom stereocenters. The maximum Gasteiger partial charge on any atom is 0.249 e. The predicted octanol–water partition coefficient (Wildman–Crippen LogP) is 14.7. The summed E-state index contributed by atoms with van der Waals surface area (Å²) in [6.45, 7) is 3.48. The molecule has 0 aromatic rings. The molecule has 446 valence electrons.